The third-order valence-corrected chi connectivity index (χ3v) is 5.68. The van der Waals surface area contributed by atoms with Crippen molar-refractivity contribution in [2.75, 3.05) is 26.1 Å². The summed E-state index contributed by atoms with van der Waals surface area (Å²) in [5.74, 6) is 1.95. The molecule has 0 unspecified atom stereocenters. The van der Waals surface area contributed by atoms with Crippen LogP contribution < -0.4 is 14.8 Å². The summed E-state index contributed by atoms with van der Waals surface area (Å²) in [6.45, 7) is 5.15. The van der Waals surface area contributed by atoms with Crippen LogP contribution in [0.2, 0.25) is 0 Å². The first-order chi connectivity index (χ1) is 12.6. The molecule has 138 valence electrons. The first-order valence-electron chi connectivity index (χ1n) is 9.34. The molecule has 1 fully saturated rings. The Morgan fingerprint density at radius 1 is 1.08 bits per heavy atom. The summed E-state index contributed by atoms with van der Waals surface area (Å²) >= 11 is 0. The minimum Gasteiger partial charge on any atom is -0.493 e. The molecule has 0 bridgehead atoms. The third kappa shape index (κ3) is 2.73. The van der Waals surface area contributed by atoms with E-state index < -0.39 is 0 Å². The normalized spacial score (nSPS) is 24.2. The molecule has 0 saturated carbocycles. The van der Waals surface area contributed by atoms with E-state index in [1.165, 1.54) is 22.4 Å². The number of rotatable bonds is 3. The fraction of sp³-hybridized carbons (Fsp3) is 0.455. The standard InChI is InChI=1S/C22H27NO3/c1-13-11-14(2)19-17(12-13)21-15(8-6-10-26-21)20(23-19)16-7-5-9-18(24-3)22(16)25-4/h5,7,9,11-12,15,20-21,23H,6,8,10H2,1-4H3/t15-,20-,21-/m0/s1. The van der Waals surface area contributed by atoms with E-state index in [2.05, 4.69) is 37.4 Å². The lowest BCUT2D eigenvalue weighted by Gasteiger charge is -2.44. The zero-order chi connectivity index (χ0) is 18.3. The summed E-state index contributed by atoms with van der Waals surface area (Å²) in [4.78, 5) is 0. The molecule has 1 N–H and O–H groups in total. The first-order valence-corrected chi connectivity index (χ1v) is 9.34. The van der Waals surface area contributed by atoms with Crippen molar-refractivity contribution >= 4 is 5.69 Å². The topological polar surface area (TPSA) is 39.7 Å². The molecule has 2 aromatic rings. The second kappa shape index (κ2) is 6.84. The molecule has 4 rings (SSSR count). The Morgan fingerprint density at radius 3 is 2.69 bits per heavy atom. The van der Waals surface area contributed by atoms with Gasteiger partial charge in [-0.2, -0.15) is 0 Å². The van der Waals surface area contributed by atoms with E-state index in [9.17, 15) is 0 Å². The highest BCUT2D eigenvalue weighted by Crippen LogP contribution is 2.52. The quantitative estimate of drug-likeness (QED) is 0.847. The van der Waals surface area contributed by atoms with Crippen molar-refractivity contribution in [2.45, 2.75) is 38.8 Å². The van der Waals surface area contributed by atoms with Gasteiger partial charge in [0.25, 0.3) is 0 Å². The Bertz CT molecular complexity index is 817. The summed E-state index contributed by atoms with van der Waals surface area (Å²) in [6, 6.07) is 10.8. The Morgan fingerprint density at radius 2 is 1.92 bits per heavy atom. The second-order valence-electron chi connectivity index (χ2n) is 7.35. The van der Waals surface area contributed by atoms with Gasteiger partial charge in [-0.3, -0.25) is 0 Å². The van der Waals surface area contributed by atoms with Crippen LogP contribution in [0.5, 0.6) is 11.5 Å². The van der Waals surface area contributed by atoms with Crippen molar-refractivity contribution in [3.05, 3.63) is 52.6 Å². The van der Waals surface area contributed by atoms with E-state index in [1.54, 1.807) is 14.2 Å². The van der Waals surface area contributed by atoms with E-state index in [4.69, 9.17) is 14.2 Å². The van der Waals surface area contributed by atoms with Crippen molar-refractivity contribution in [1.29, 1.82) is 0 Å². The second-order valence-corrected chi connectivity index (χ2v) is 7.35. The predicted molar refractivity (Wildman–Crippen MR) is 103 cm³/mol. The van der Waals surface area contributed by atoms with Gasteiger partial charge in [0, 0.05) is 29.3 Å². The molecule has 2 aromatic carbocycles. The summed E-state index contributed by atoms with van der Waals surface area (Å²) in [5, 5.41) is 3.82. The minimum absolute atomic E-state index is 0.125. The molecule has 0 aliphatic carbocycles. The number of anilines is 1. The summed E-state index contributed by atoms with van der Waals surface area (Å²) < 4.78 is 17.5. The van der Waals surface area contributed by atoms with Crippen LogP contribution in [0, 0.1) is 19.8 Å². The number of fused-ring (bicyclic) bond motifs is 3. The van der Waals surface area contributed by atoms with Gasteiger partial charge in [-0.15, -0.1) is 0 Å². The average Bonchev–Trinajstić information content (AvgIpc) is 2.66. The fourth-order valence-electron chi connectivity index (χ4n) is 4.62. The molecular weight excluding hydrogens is 326 g/mol. The summed E-state index contributed by atoms with van der Waals surface area (Å²) in [7, 11) is 3.40. The lowest BCUT2D eigenvalue weighted by Crippen LogP contribution is -2.36. The SMILES string of the molecule is COc1cccc([C@H]2Nc3c(C)cc(C)cc3[C@H]3OCCC[C@@H]23)c1OC. The number of hydrogen-bond donors (Lipinski definition) is 1. The molecule has 0 spiro atoms. The largest absolute Gasteiger partial charge is 0.493 e. The molecule has 26 heavy (non-hydrogen) atoms. The van der Waals surface area contributed by atoms with Crippen LogP contribution in [-0.4, -0.2) is 20.8 Å². The minimum atomic E-state index is 0.125. The van der Waals surface area contributed by atoms with E-state index in [-0.39, 0.29) is 12.1 Å². The summed E-state index contributed by atoms with van der Waals surface area (Å²) in [6.07, 6.45) is 2.35. The molecule has 2 aliphatic heterocycles. The van der Waals surface area contributed by atoms with Crippen molar-refractivity contribution < 1.29 is 14.2 Å². The molecule has 1 saturated heterocycles. The molecule has 4 heteroatoms. The third-order valence-electron chi connectivity index (χ3n) is 5.68. The zero-order valence-electron chi connectivity index (χ0n) is 16.0. The maximum atomic E-state index is 6.29. The maximum Gasteiger partial charge on any atom is 0.165 e. The van der Waals surface area contributed by atoms with Gasteiger partial charge in [-0.25, -0.2) is 0 Å². The number of hydrogen-bond acceptors (Lipinski definition) is 4. The molecular formula is C22H27NO3. The van der Waals surface area contributed by atoms with Gasteiger partial charge in [-0.1, -0.05) is 29.8 Å². The lowest BCUT2D eigenvalue weighted by atomic mass is 9.76. The molecule has 0 radical (unpaired) electrons. The smallest absolute Gasteiger partial charge is 0.165 e. The monoisotopic (exact) mass is 353 g/mol. The van der Waals surface area contributed by atoms with E-state index in [0.717, 1.165) is 36.5 Å². The molecule has 0 aromatic heterocycles. The van der Waals surface area contributed by atoms with Gasteiger partial charge < -0.3 is 19.5 Å². The van der Waals surface area contributed by atoms with Crippen molar-refractivity contribution in [3.63, 3.8) is 0 Å². The van der Waals surface area contributed by atoms with Crippen LogP contribution in [0.4, 0.5) is 5.69 Å². The number of ether oxygens (including phenoxy) is 3. The number of nitrogens with one attached hydrogen (secondary N) is 1. The van der Waals surface area contributed by atoms with Gasteiger partial charge >= 0.3 is 0 Å². The average molecular weight is 353 g/mol. The van der Waals surface area contributed by atoms with Crippen LogP contribution in [0.3, 0.4) is 0 Å². The Kier molecular flexibility index (Phi) is 4.53. The Labute approximate surface area is 155 Å². The van der Waals surface area contributed by atoms with E-state index in [1.807, 2.05) is 12.1 Å². The number of methoxy groups -OCH3 is 2. The van der Waals surface area contributed by atoms with Crippen LogP contribution in [0.25, 0.3) is 0 Å². The number of benzene rings is 2. The van der Waals surface area contributed by atoms with E-state index >= 15 is 0 Å². The highest BCUT2D eigenvalue weighted by atomic mass is 16.5. The maximum absolute atomic E-state index is 6.29. The molecule has 0 amide bonds. The highest BCUT2D eigenvalue weighted by molar-refractivity contribution is 5.64. The molecule has 2 heterocycles. The van der Waals surface area contributed by atoms with Crippen molar-refractivity contribution in [3.8, 4) is 11.5 Å². The van der Waals surface area contributed by atoms with E-state index in [0.29, 0.717) is 5.92 Å². The van der Waals surface area contributed by atoms with Crippen LogP contribution >= 0.6 is 0 Å². The van der Waals surface area contributed by atoms with Crippen molar-refractivity contribution in [1.82, 2.24) is 0 Å². The fourth-order valence-corrected chi connectivity index (χ4v) is 4.62. The Hall–Kier alpha value is -2.20. The van der Waals surface area contributed by atoms with Gasteiger partial charge in [-0.05, 0) is 38.3 Å². The van der Waals surface area contributed by atoms with Crippen molar-refractivity contribution in [2.24, 2.45) is 5.92 Å². The van der Waals surface area contributed by atoms with Gasteiger partial charge in [0.15, 0.2) is 11.5 Å². The number of para-hydroxylation sites is 1. The van der Waals surface area contributed by atoms with Crippen LogP contribution in [0.1, 0.15) is 47.2 Å². The first kappa shape index (κ1) is 17.2. The molecule has 4 nitrogen and oxygen atoms in total. The summed E-state index contributed by atoms with van der Waals surface area (Å²) in [5.41, 5.74) is 6.18. The predicted octanol–water partition coefficient (Wildman–Crippen LogP) is 4.96. The molecule has 2 aliphatic rings. The number of aryl methyl sites for hydroxylation is 2. The van der Waals surface area contributed by atoms with Gasteiger partial charge in [0.1, 0.15) is 0 Å². The lowest BCUT2D eigenvalue weighted by molar-refractivity contribution is -0.0384. The van der Waals surface area contributed by atoms with Crippen LogP contribution in [0.15, 0.2) is 30.3 Å². The van der Waals surface area contributed by atoms with Gasteiger partial charge in [0.05, 0.1) is 26.4 Å². The Balaban J connectivity index is 1.85. The van der Waals surface area contributed by atoms with Gasteiger partial charge in [0.2, 0.25) is 0 Å². The molecule has 3 atom stereocenters. The zero-order valence-corrected chi connectivity index (χ0v) is 16.0. The highest BCUT2D eigenvalue weighted by Gasteiger charge is 2.41. The van der Waals surface area contributed by atoms with Crippen LogP contribution in [-0.2, 0) is 4.74 Å².